The average molecular weight is 281 g/mol. The van der Waals surface area contributed by atoms with E-state index < -0.39 is 0 Å². The Morgan fingerprint density at radius 3 is 2.84 bits per heavy atom. The number of rotatable bonds is 6. The van der Waals surface area contributed by atoms with Gasteiger partial charge in [0.05, 0.1) is 11.2 Å². The van der Waals surface area contributed by atoms with Gasteiger partial charge in [0.25, 0.3) is 0 Å². The number of aromatic nitrogens is 1. The summed E-state index contributed by atoms with van der Waals surface area (Å²) in [6.07, 6.45) is 1.58. The molecule has 4 nitrogen and oxygen atoms in total. The highest BCUT2D eigenvalue weighted by Gasteiger charge is 2.05. The zero-order chi connectivity index (χ0) is 13.7. The summed E-state index contributed by atoms with van der Waals surface area (Å²) >= 11 is 6.19. The van der Waals surface area contributed by atoms with Crippen LogP contribution >= 0.6 is 11.6 Å². The molecule has 102 valence electrons. The van der Waals surface area contributed by atoms with Gasteiger partial charge in [0, 0.05) is 18.7 Å². The van der Waals surface area contributed by atoms with Crippen LogP contribution in [-0.4, -0.2) is 11.2 Å². The van der Waals surface area contributed by atoms with Gasteiger partial charge in [-0.15, -0.1) is 0 Å². The Hall–Kier alpha value is -1.52. The third-order valence-corrected chi connectivity index (χ3v) is 2.87. The lowest BCUT2D eigenvalue weighted by Crippen LogP contribution is -2.21. The minimum absolute atomic E-state index is 0.323. The Labute approximate surface area is 117 Å². The van der Waals surface area contributed by atoms with Crippen molar-refractivity contribution in [1.82, 2.24) is 10.5 Å². The first-order valence-corrected chi connectivity index (χ1v) is 6.57. The number of ether oxygens (including phenoxy) is 1. The maximum atomic E-state index is 6.19. The van der Waals surface area contributed by atoms with E-state index in [9.17, 15) is 0 Å². The second-order valence-corrected chi connectivity index (χ2v) is 4.97. The van der Waals surface area contributed by atoms with Gasteiger partial charge in [0.15, 0.2) is 5.76 Å². The van der Waals surface area contributed by atoms with Crippen LogP contribution in [-0.2, 0) is 13.2 Å². The number of halogens is 1. The van der Waals surface area contributed by atoms with Crippen molar-refractivity contribution >= 4 is 11.6 Å². The molecule has 0 atom stereocenters. The summed E-state index contributed by atoms with van der Waals surface area (Å²) in [5, 5.41) is 7.56. The molecule has 0 aliphatic heterocycles. The summed E-state index contributed by atoms with van der Waals surface area (Å²) in [6.45, 7) is 5.33. The highest BCUT2D eigenvalue weighted by molar-refractivity contribution is 6.32. The van der Waals surface area contributed by atoms with Crippen LogP contribution in [0.5, 0.6) is 5.75 Å². The topological polar surface area (TPSA) is 47.3 Å². The second kappa shape index (κ2) is 6.59. The van der Waals surface area contributed by atoms with E-state index in [-0.39, 0.29) is 0 Å². The van der Waals surface area contributed by atoms with E-state index in [0.717, 1.165) is 12.1 Å². The highest BCUT2D eigenvalue weighted by atomic mass is 35.5. The van der Waals surface area contributed by atoms with Crippen LogP contribution < -0.4 is 10.1 Å². The lowest BCUT2D eigenvalue weighted by atomic mass is 10.2. The third kappa shape index (κ3) is 4.26. The van der Waals surface area contributed by atoms with Crippen molar-refractivity contribution in [3.63, 3.8) is 0 Å². The monoisotopic (exact) mass is 280 g/mol. The first-order valence-electron chi connectivity index (χ1n) is 6.19. The Bertz CT molecular complexity index is 512. The minimum Gasteiger partial charge on any atom is -0.484 e. The standard InChI is InChI=1S/C14H17ClN2O2/c1-10(2)16-8-11-3-4-14(13(15)7-11)18-9-12-5-6-17-19-12/h3-7,10,16H,8-9H2,1-2H3. The zero-order valence-corrected chi connectivity index (χ0v) is 11.8. The summed E-state index contributed by atoms with van der Waals surface area (Å²) in [4.78, 5) is 0. The van der Waals surface area contributed by atoms with Gasteiger partial charge in [0.2, 0.25) is 0 Å². The van der Waals surface area contributed by atoms with E-state index in [1.165, 1.54) is 0 Å². The Kier molecular flexibility index (Phi) is 4.82. The largest absolute Gasteiger partial charge is 0.484 e. The van der Waals surface area contributed by atoms with E-state index in [1.54, 1.807) is 12.3 Å². The molecular weight excluding hydrogens is 264 g/mol. The van der Waals surface area contributed by atoms with Gasteiger partial charge in [-0.1, -0.05) is 36.7 Å². The molecule has 5 heteroatoms. The van der Waals surface area contributed by atoms with Crippen molar-refractivity contribution in [2.24, 2.45) is 0 Å². The molecule has 0 radical (unpaired) electrons. The molecule has 2 aromatic rings. The van der Waals surface area contributed by atoms with Crippen LogP contribution in [0.4, 0.5) is 0 Å². The molecule has 0 aliphatic carbocycles. The molecule has 0 aliphatic rings. The fourth-order valence-electron chi connectivity index (χ4n) is 1.56. The minimum atomic E-state index is 0.323. The summed E-state index contributed by atoms with van der Waals surface area (Å²) in [5.74, 6) is 1.31. The fraction of sp³-hybridized carbons (Fsp3) is 0.357. The van der Waals surface area contributed by atoms with Crippen molar-refractivity contribution in [3.05, 3.63) is 46.8 Å². The SMILES string of the molecule is CC(C)NCc1ccc(OCc2ccno2)c(Cl)c1. The average Bonchev–Trinajstić information content (AvgIpc) is 2.88. The van der Waals surface area contributed by atoms with E-state index in [0.29, 0.717) is 29.2 Å². The highest BCUT2D eigenvalue weighted by Crippen LogP contribution is 2.26. The summed E-state index contributed by atoms with van der Waals surface area (Å²) in [5.41, 5.74) is 1.13. The smallest absolute Gasteiger partial charge is 0.174 e. The van der Waals surface area contributed by atoms with Gasteiger partial charge >= 0.3 is 0 Å². The van der Waals surface area contributed by atoms with E-state index >= 15 is 0 Å². The first kappa shape index (κ1) is 13.9. The Morgan fingerprint density at radius 1 is 1.37 bits per heavy atom. The molecule has 1 aromatic heterocycles. The van der Waals surface area contributed by atoms with Gasteiger partial charge in [-0.05, 0) is 17.7 Å². The molecule has 0 amide bonds. The zero-order valence-electron chi connectivity index (χ0n) is 11.0. The molecule has 0 bridgehead atoms. The maximum Gasteiger partial charge on any atom is 0.174 e. The third-order valence-electron chi connectivity index (χ3n) is 2.57. The molecule has 2 rings (SSSR count). The van der Waals surface area contributed by atoms with Crippen LogP contribution in [0.15, 0.2) is 35.0 Å². The molecule has 1 heterocycles. The van der Waals surface area contributed by atoms with Gasteiger partial charge in [-0.25, -0.2) is 0 Å². The summed E-state index contributed by atoms with van der Waals surface area (Å²) < 4.78 is 10.5. The lowest BCUT2D eigenvalue weighted by Gasteiger charge is -2.10. The van der Waals surface area contributed by atoms with Crippen molar-refractivity contribution in [1.29, 1.82) is 0 Å². The normalized spacial score (nSPS) is 10.9. The van der Waals surface area contributed by atoms with Gasteiger partial charge in [-0.2, -0.15) is 0 Å². The van der Waals surface area contributed by atoms with E-state index in [2.05, 4.69) is 24.3 Å². The molecule has 0 saturated heterocycles. The quantitative estimate of drug-likeness (QED) is 0.881. The fourth-order valence-corrected chi connectivity index (χ4v) is 1.82. The summed E-state index contributed by atoms with van der Waals surface area (Å²) in [7, 11) is 0. The van der Waals surface area contributed by atoms with Crippen molar-refractivity contribution in [2.45, 2.75) is 33.0 Å². The lowest BCUT2D eigenvalue weighted by molar-refractivity contribution is 0.249. The molecule has 0 spiro atoms. The molecule has 1 N–H and O–H groups in total. The van der Waals surface area contributed by atoms with Crippen molar-refractivity contribution in [2.75, 3.05) is 0 Å². The van der Waals surface area contributed by atoms with Crippen LogP contribution in [0, 0.1) is 0 Å². The van der Waals surface area contributed by atoms with Crippen molar-refractivity contribution in [3.8, 4) is 5.75 Å². The van der Waals surface area contributed by atoms with E-state index in [1.807, 2.05) is 18.2 Å². The number of hydrogen-bond acceptors (Lipinski definition) is 4. The van der Waals surface area contributed by atoms with Crippen LogP contribution in [0.3, 0.4) is 0 Å². The van der Waals surface area contributed by atoms with Gasteiger partial charge < -0.3 is 14.6 Å². The second-order valence-electron chi connectivity index (χ2n) is 4.57. The van der Waals surface area contributed by atoms with Crippen LogP contribution in [0.2, 0.25) is 5.02 Å². The molecule has 19 heavy (non-hydrogen) atoms. The van der Waals surface area contributed by atoms with Gasteiger partial charge in [-0.3, -0.25) is 0 Å². The molecule has 1 aromatic carbocycles. The molecule has 0 saturated carbocycles. The van der Waals surface area contributed by atoms with E-state index in [4.69, 9.17) is 20.9 Å². The first-order chi connectivity index (χ1) is 9.15. The number of nitrogens with zero attached hydrogens (tertiary/aromatic N) is 1. The number of hydrogen-bond donors (Lipinski definition) is 1. The van der Waals surface area contributed by atoms with Gasteiger partial charge in [0.1, 0.15) is 12.4 Å². The molecule has 0 fully saturated rings. The maximum absolute atomic E-state index is 6.19. The number of nitrogens with one attached hydrogen (secondary N) is 1. The Morgan fingerprint density at radius 2 is 2.21 bits per heavy atom. The number of benzene rings is 1. The predicted molar refractivity (Wildman–Crippen MR) is 74.3 cm³/mol. The van der Waals surface area contributed by atoms with Crippen molar-refractivity contribution < 1.29 is 9.26 Å². The molecule has 0 unspecified atom stereocenters. The molecular formula is C14H17ClN2O2. The predicted octanol–water partition coefficient (Wildman–Crippen LogP) is 3.41. The van der Waals surface area contributed by atoms with Crippen LogP contribution in [0.1, 0.15) is 25.2 Å². The summed E-state index contributed by atoms with van der Waals surface area (Å²) in [6, 6.07) is 7.98. The van der Waals surface area contributed by atoms with Crippen LogP contribution in [0.25, 0.3) is 0 Å². The Balaban J connectivity index is 1.94.